The SMILES string of the molecule is Cc1ccc(S(=O)(=O)n2ccc3nc(C(N)CC(F)(F)F)cnc32)cc1.Cc1ccc(S(=O)(=O)n2ccc3nc(CN=C(c4ccccc4)c4ccccc4)cnc32)cc1.Cl. The van der Waals surface area contributed by atoms with Crippen LogP contribution in [0.4, 0.5) is 13.2 Å². The maximum atomic E-state index is 13.1. The minimum Gasteiger partial charge on any atom is -0.322 e. The third-order valence-electron chi connectivity index (χ3n) is 9.26. The van der Waals surface area contributed by atoms with Crippen LogP contribution in [-0.4, -0.2) is 56.6 Å². The summed E-state index contributed by atoms with van der Waals surface area (Å²) >= 11 is 0. The summed E-state index contributed by atoms with van der Waals surface area (Å²) in [6.45, 7) is 4.06. The second kappa shape index (κ2) is 18.1. The number of nitrogens with two attached hydrogens (primary N) is 1. The van der Waals surface area contributed by atoms with Crippen molar-refractivity contribution in [1.29, 1.82) is 0 Å². The van der Waals surface area contributed by atoms with Crippen LogP contribution in [0.2, 0.25) is 0 Å². The molecule has 61 heavy (non-hydrogen) atoms. The highest BCUT2D eigenvalue weighted by Crippen LogP contribution is 2.28. The number of alkyl halides is 3. The lowest BCUT2D eigenvalue weighted by molar-refractivity contribution is -0.138. The minimum atomic E-state index is -4.43. The topological polar surface area (TPSA) is 168 Å². The molecule has 0 fully saturated rings. The molecule has 1 unspecified atom stereocenters. The van der Waals surface area contributed by atoms with Gasteiger partial charge in [-0.2, -0.15) is 13.2 Å². The molecule has 8 aromatic rings. The number of benzene rings is 4. The van der Waals surface area contributed by atoms with Crippen molar-refractivity contribution >= 4 is 60.5 Å². The number of aliphatic imine (C=N–C) groups is 1. The lowest BCUT2D eigenvalue weighted by Gasteiger charge is -2.13. The van der Waals surface area contributed by atoms with Gasteiger partial charge in [0.05, 0.1) is 58.3 Å². The van der Waals surface area contributed by atoms with Gasteiger partial charge in [0.15, 0.2) is 11.3 Å². The Kier molecular flexibility index (Phi) is 13.2. The number of aromatic nitrogens is 6. The van der Waals surface area contributed by atoms with Gasteiger partial charge in [0.1, 0.15) is 11.0 Å². The van der Waals surface area contributed by atoms with E-state index in [0.717, 1.165) is 38.1 Å². The summed E-state index contributed by atoms with van der Waals surface area (Å²) in [5.41, 5.74) is 11.9. The number of hydrogen-bond acceptors (Lipinski definition) is 10. The summed E-state index contributed by atoms with van der Waals surface area (Å²) in [7, 11) is -7.66. The van der Waals surface area contributed by atoms with Gasteiger partial charge >= 0.3 is 6.18 Å². The third kappa shape index (κ3) is 10.0. The van der Waals surface area contributed by atoms with E-state index >= 15 is 0 Å². The molecule has 4 heterocycles. The molecule has 0 aliphatic heterocycles. The van der Waals surface area contributed by atoms with Crippen molar-refractivity contribution in [2.75, 3.05) is 0 Å². The Hall–Kier alpha value is -6.27. The van der Waals surface area contributed by atoms with Gasteiger partial charge in [0, 0.05) is 23.5 Å². The summed E-state index contributed by atoms with van der Waals surface area (Å²) in [6.07, 6.45) is -0.266. The van der Waals surface area contributed by atoms with Gasteiger partial charge in [-0.1, -0.05) is 96.1 Å². The smallest absolute Gasteiger partial charge is 0.322 e. The molecule has 0 bridgehead atoms. The van der Waals surface area contributed by atoms with E-state index in [4.69, 9.17) is 10.7 Å². The van der Waals surface area contributed by atoms with Crippen LogP contribution < -0.4 is 5.73 Å². The van der Waals surface area contributed by atoms with E-state index < -0.39 is 38.7 Å². The second-order valence-corrected chi connectivity index (χ2v) is 17.4. The molecule has 12 nitrogen and oxygen atoms in total. The fraction of sp³-hybridized carbons (Fsp3) is 0.140. The Morgan fingerprint density at radius 2 is 1.10 bits per heavy atom. The number of fused-ring (bicyclic) bond motifs is 2. The molecule has 8 rings (SSSR count). The second-order valence-electron chi connectivity index (χ2n) is 13.8. The molecule has 0 spiro atoms. The first-order chi connectivity index (χ1) is 28.6. The number of hydrogen-bond donors (Lipinski definition) is 1. The van der Waals surface area contributed by atoms with Crippen molar-refractivity contribution in [3.63, 3.8) is 0 Å². The average molecular weight is 887 g/mol. The zero-order valence-corrected chi connectivity index (χ0v) is 35.0. The Morgan fingerprint density at radius 3 is 1.56 bits per heavy atom. The van der Waals surface area contributed by atoms with Gasteiger partial charge in [-0.25, -0.2) is 44.7 Å². The van der Waals surface area contributed by atoms with Gasteiger partial charge in [-0.05, 0) is 50.2 Å². The molecule has 0 amide bonds. The minimum absolute atomic E-state index is 0. The summed E-state index contributed by atoms with van der Waals surface area (Å²) in [5.74, 6) is 0. The highest BCUT2D eigenvalue weighted by atomic mass is 35.5. The van der Waals surface area contributed by atoms with Crippen LogP contribution in [0.5, 0.6) is 0 Å². The first kappa shape index (κ1) is 44.3. The van der Waals surface area contributed by atoms with Gasteiger partial charge in [0.25, 0.3) is 20.0 Å². The average Bonchev–Trinajstić information content (AvgIpc) is 3.87. The monoisotopic (exact) mass is 886 g/mol. The van der Waals surface area contributed by atoms with E-state index in [0.29, 0.717) is 23.4 Å². The molecule has 0 saturated carbocycles. The van der Waals surface area contributed by atoms with E-state index in [1.165, 1.54) is 34.6 Å². The van der Waals surface area contributed by atoms with Crippen LogP contribution in [0.1, 0.15) is 46.1 Å². The lowest BCUT2D eigenvalue weighted by Crippen LogP contribution is -2.21. The Bertz CT molecular complexity index is 3000. The molecular formula is C43H38ClF3N8O4S2. The van der Waals surface area contributed by atoms with Crippen molar-refractivity contribution < 1.29 is 30.0 Å². The van der Waals surface area contributed by atoms with Gasteiger partial charge in [-0.3, -0.25) is 4.99 Å². The predicted molar refractivity (Wildman–Crippen MR) is 230 cm³/mol. The Balaban J connectivity index is 0.000000208. The molecule has 4 aromatic carbocycles. The molecule has 0 radical (unpaired) electrons. The molecular weight excluding hydrogens is 849 g/mol. The van der Waals surface area contributed by atoms with Crippen LogP contribution in [0, 0.1) is 13.8 Å². The molecule has 0 aliphatic rings. The summed E-state index contributed by atoms with van der Waals surface area (Å²) < 4.78 is 91.2. The quantitative estimate of drug-likeness (QED) is 0.133. The van der Waals surface area contributed by atoms with E-state index in [2.05, 4.69) is 19.9 Å². The third-order valence-corrected chi connectivity index (χ3v) is 12.6. The Morgan fingerprint density at radius 1 is 0.656 bits per heavy atom. The first-order valence-electron chi connectivity index (χ1n) is 18.4. The highest BCUT2D eigenvalue weighted by Gasteiger charge is 2.32. The number of rotatable bonds is 10. The number of aryl methyl sites for hydroxylation is 2. The molecule has 18 heteroatoms. The predicted octanol–water partition coefficient (Wildman–Crippen LogP) is 8.37. The highest BCUT2D eigenvalue weighted by molar-refractivity contribution is 7.90. The molecule has 314 valence electrons. The summed E-state index contributed by atoms with van der Waals surface area (Å²) in [5, 5.41) is 0. The maximum Gasteiger partial charge on any atom is 0.390 e. The molecule has 4 aromatic heterocycles. The number of halogens is 4. The van der Waals surface area contributed by atoms with Crippen LogP contribution in [0.15, 0.2) is 161 Å². The largest absolute Gasteiger partial charge is 0.390 e. The Labute approximate surface area is 356 Å². The van der Waals surface area contributed by atoms with Crippen molar-refractivity contribution in [2.45, 2.75) is 48.8 Å². The van der Waals surface area contributed by atoms with Crippen LogP contribution in [-0.2, 0) is 26.6 Å². The summed E-state index contributed by atoms with van der Waals surface area (Å²) in [4.78, 5) is 22.2. The first-order valence-corrected chi connectivity index (χ1v) is 21.3. The van der Waals surface area contributed by atoms with Crippen molar-refractivity contribution in [3.05, 3.63) is 180 Å². The van der Waals surface area contributed by atoms with Crippen molar-refractivity contribution in [3.8, 4) is 0 Å². The van der Waals surface area contributed by atoms with E-state index in [1.807, 2.05) is 74.5 Å². The van der Waals surface area contributed by atoms with E-state index in [-0.39, 0.29) is 39.1 Å². The normalized spacial score (nSPS) is 12.3. The molecule has 2 N–H and O–H groups in total. The maximum absolute atomic E-state index is 13.1. The van der Waals surface area contributed by atoms with Crippen LogP contribution in [0.25, 0.3) is 22.3 Å². The molecule has 0 saturated heterocycles. The standard InChI is InChI=1S/C27H22N4O2S.C16H15F3N4O2S.ClH/c1-20-12-14-24(15-13-20)34(32,33)31-17-16-25-27(31)29-19-23(30-25)18-28-26(21-8-4-2-5-9-21)22-10-6-3-7-11-22;1-10-2-4-11(5-3-10)26(24,25)23-7-6-13-15(23)21-9-14(22-13)12(20)8-16(17,18)19;/h2-17,19H,18H2,1H3;2-7,9,12H,8,20H2,1H3;1H. The van der Waals surface area contributed by atoms with Gasteiger partial charge in [-0.15, -0.1) is 12.4 Å². The van der Waals surface area contributed by atoms with Crippen molar-refractivity contribution in [2.24, 2.45) is 10.7 Å². The fourth-order valence-electron chi connectivity index (χ4n) is 6.17. The van der Waals surface area contributed by atoms with Gasteiger partial charge in [0.2, 0.25) is 0 Å². The van der Waals surface area contributed by atoms with Crippen molar-refractivity contribution in [1.82, 2.24) is 27.9 Å². The number of nitrogens with zero attached hydrogens (tertiary/aromatic N) is 7. The summed E-state index contributed by atoms with van der Waals surface area (Å²) in [6, 6.07) is 34.7. The van der Waals surface area contributed by atoms with E-state index in [9.17, 15) is 30.0 Å². The van der Waals surface area contributed by atoms with Gasteiger partial charge < -0.3 is 5.73 Å². The molecule has 0 aliphatic carbocycles. The van der Waals surface area contributed by atoms with E-state index in [1.54, 1.807) is 48.7 Å². The van der Waals surface area contributed by atoms with Crippen LogP contribution >= 0.6 is 12.4 Å². The fourth-order valence-corrected chi connectivity index (χ4v) is 8.77. The zero-order chi connectivity index (χ0) is 42.7. The zero-order valence-electron chi connectivity index (χ0n) is 32.5. The molecule has 1 atom stereocenters. The van der Waals surface area contributed by atoms with Crippen LogP contribution in [0.3, 0.4) is 0 Å². The lowest BCUT2D eigenvalue weighted by atomic mass is 10.0.